The van der Waals surface area contributed by atoms with E-state index >= 15 is 0 Å². The molecule has 19 heavy (non-hydrogen) atoms. The van der Waals surface area contributed by atoms with Gasteiger partial charge in [-0.15, -0.1) is 0 Å². The molecule has 1 N–H and O–H groups in total. The average molecular weight is 285 g/mol. The van der Waals surface area contributed by atoms with Crippen molar-refractivity contribution in [1.29, 1.82) is 0 Å². The van der Waals surface area contributed by atoms with Crippen molar-refractivity contribution in [3.63, 3.8) is 0 Å². The summed E-state index contributed by atoms with van der Waals surface area (Å²) < 4.78 is 12.6. The first-order valence-corrected chi connectivity index (χ1v) is 9.80. The molecule has 0 aromatic heterocycles. The van der Waals surface area contributed by atoms with E-state index in [9.17, 15) is 4.21 Å². The van der Waals surface area contributed by atoms with Gasteiger partial charge in [0.05, 0.1) is 0 Å². The van der Waals surface area contributed by atoms with Crippen LogP contribution in [0.25, 0.3) is 0 Å². The van der Waals surface area contributed by atoms with Gasteiger partial charge in [-0.05, 0) is 38.1 Å². The molecule has 2 aliphatic rings. The van der Waals surface area contributed by atoms with Crippen LogP contribution in [-0.2, 0) is 10.8 Å². The molecule has 0 aromatic carbocycles. The van der Waals surface area contributed by atoms with Gasteiger partial charge in [0.2, 0.25) is 0 Å². The van der Waals surface area contributed by atoms with Gasteiger partial charge in [0.25, 0.3) is 0 Å². The summed E-state index contributed by atoms with van der Waals surface area (Å²) in [6.45, 7) is 3.20. The van der Waals surface area contributed by atoms with Gasteiger partial charge in [0, 0.05) is 27.8 Å². The Balaban J connectivity index is 1.85. The van der Waals surface area contributed by atoms with E-state index in [1.165, 1.54) is 64.2 Å². The van der Waals surface area contributed by atoms with Gasteiger partial charge in [0.15, 0.2) is 0 Å². The predicted molar refractivity (Wildman–Crippen MR) is 83.9 cm³/mol. The minimum Gasteiger partial charge on any atom is -0.313 e. The fourth-order valence-electron chi connectivity index (χ4n) is 3.80. The van der Waals surface area contributed by atoms with Crippen molar-refractivity contribution in [3.8, 4) is 0 Å². The lowest BCUT2D eigenvalue weighted by molar-refractivity contribution is 0.286. The third-order valence-corrected chi connectivity index (χ3v) is 6.86. The van der Waals surface area contributed by atoms with Crippen LogP contribution in [0, 0.1) is 5.92 Å². The highest BCUT2D eigenvalue weighted by Gasteiger charge is 2.27. The fraction of sp³-hybridized carbons (Fsp3) is 1.00. The van der Waals surface area contributed by atoms with Crippen LogP contribution in [0.4, 0.5) is 0 Å². The highest BCUT2D eigenvalue weighted by molar-refractivity contribution is 7.85. The zero-order valence-corrected chi connectivity index (χ0v) is 13.4. The van der Waals surface area contributed by atoms with Crippen LogP contribution >= 0.6 is 0 Å². The summed E-state index contributed by atoms with van der Waals surface area (Å²) >= 11 is 0. The lowest BCUT2D eigenvalue weighted by Gasteiger charge is -2.32. The summed E-state index contributed by atoms with van der Waals surface area (Å²) in [7, 11) is -0.602. The molecule has 2 unspecified atom stereocenters. The van der Waals surface area contributed by atoms with Gasteiger partial charge in [-0.3, -0.25) is 4.21 Å². The predicted octanol–water partition coefficient (Wildman–Crippen LogP) is 3.63. The molecule has 2 saturated carbocycles. The molecule has 0 aromatic rings. The quantitative estimate of drug-likeness (QED) is 0.807. The maximum Gasteiger partial charge on any atom is 0.0394 e. The Morgan fingerprint density at radius 1 is 1.00 bits per heavy atom. The van der Waals surface area contributed by atoms with Gasteiger partial charge >= 0.3 is 0 Å². The molecule has 0 radical (unpaired) electrons. The second-order valence-electron chi connectivity index (χ2n) is 6.37. The molecule has 3 heteroatoms. The molecule has 2 nitrogen and oxygen atoms in total. The highest BCUT2D eigenvalue weighted by atomic mass is 32.2. The summed E-state index contributed by atoms with van der Waals surface area (Å²) in [6, 6.07) is 0.507. The van der Waals surface area contributed by atoms with Crippen LogP contribution < -0.4 is 5.32 Å². The van der Waals surface area contributed by atoms with Gasteiger partial charge in [-0.2, -0.15) is 0 Å². The van der Waals surface area contributed by atoms with Crippen molar-refractivity contribution < 1.29 is 4.21 Å². The van der Waals surface area contributed by atoms with Crippen LogP contribution in [0.1, 0.15) is 71.1 Å². The first kappa shape index (κ1) is 15.5. The maximum absolute atomic E-state index is 12.6. The third-order valence-electron chi connectivity index (χ3n) is 4.95. The Morgan fingerprint density at radius 2 is 1.58 bits per heavy atom. The van der Waals surface area contributed by atoms with Crippen LogP contribution in [0.15, 0.2) is 0 Å². The van der Waals surface area contributed by atoms with Gasteiger partial charge in [-0.1, -0.05) is 45.4 Å². The number of nitrogens with one attached hydrogen (secondary N) is 1. The second-order valence-corrected chi connectivity index (χ2v) is 8.13. The molecule has 0 heterocycles. The first-order valence-electron chi connectivity index (χ1n) is 8.41. The zero-order valence-electron chi connectivity index (χ0n) is 12.5. The summed E-state index contributed by atoms with van der Waals surface area (Å²) in [6.07, 6.45) is 13.2. The second kappa shape index (κ2) is 8.41. The standard InChI is InChI=1S/C16H31NOS/c1-2-17-16(14-9-5-3-6-10-14)13-19(18)15-11-7-4-8-12-15/h14-17H,2-13H2,1H3. The average Bonchev–Trinajstić information content (AvgIpc) is 2.48. The molecule has 2 fully saturated rings. The largest absolute Gasteiger partial charge is 0.313 e. The van der Waals surface area contributed by atoms with Crippen molar-refractivity contribution in [1.82, 2.24) is 5.32 Å². The van der Waals surface area contributed by atoms with E-state index in [-0.39, 0.29) is 0 Å². The normalized spacial score (nSPS) is 26.2. The van der Waals surface area contributed by atoms with Crippen molar-refractivity contribution in [2.24, 2.45) is 5.92 Å². The fourth-order valence-corrected chi connectivity index (χ4v) is 5.68. The van der Waals surface area contributed by atoms with Crippen LogP contribution in [-0.4, -0.2) is 27.8 Å². The van der Waals surface area contributed by atoms with Gasteiger partial charge < -0.3 is 5.32 Å². The molecule has 2 aliphatic carbocycles. The van der Waals surface area contributed by atoms with E-state index in [1.807, 2.05) is 0 Å². The Morgan fingerprint density at radius 3 is 2.16 bits per heavy atom. The Hall–Kier alpha value is 0.110. The topological polar surface area (TPSA) is 29.1 Å². The highest BCUT2D eigenvalue weighted by Crippen LogP contribution is 2.28. The summed E-state index contributed by atoms with van der Waals surface area (Å²) in [4.78, 5) is 0. The number of hydrogen-bond acceptors (Lipinski definition) is 2. The van der Waals surface area contributed by atoms with E-state index in [1.54, 1.807) is 0 Å². The van der Waals surface area contributed by atoms with Crippen molar-refractivity contribution in [2.75, 3.05) is 12.3 Å². The molecule has 0 saturated heterocycles. The monoisotopic (exact) mass is 285 g/mol. The van der Waals surface area contributed by atoms with E-state index in [0.717, 1.165) is 18.2 Å². The third kappa shape index (κ3) is 4.86. The zero-order chi connectivity index (χ0) is 13.5. The van der Waals surface area contributed by atoms with E-state index in [0.29, 0.717) is 11.3 Å². The lowest BCUT2D eigenvalue weighted by Crippen LogP contribution is -2.43. The molecular formula is C16H31NOS. The Bertz CT molecular complexity index is 270. The van der Waals surface area contributed by atoms with E-state index in [2.05, 4.69) is 12.2 Å². The van der Waals surface area contributed by atoms with E-state index < -0.39 is 10.8 Å². The number of hydrogen-bond donors (Lipinski definition) is 1. The van der Waals surface area contributed by atoms with Crippen LogP contribution in [0.3, 0.4) is 0 Å². The Kier molecular flexibility index (Phi) is 6.86. The molecule has 0 aliphatic heterocycles. The molecule has 0 spiro atoms. The minimum absolute atomic E-state index is 0.499. The van der Waals surface area contributed by atoms with E-state index in [4.69, 9.17) is 0 Å². The molecule has 2 rings (SSSR count). The Labute approximate surface area is 121 Å². The smallest absolute Gasteiger partial charge is 0.0394 e. The molecule has 0 bridgehead atoms. The van der Waals surface area contributed by atoms with Gasteiger partial charge in [0.1, 0.15) is 0 Å². The lowest BCUT2D eigenvalue weighted by atomic mass is 9.84. The molecule has 112 valence electrons. The number of rotatable bonds is 6. The summed E-state index contributed by atoms with van der Waals surface area (Å²) in [5, 5.41) is 4.13. The first-order chi connectivity index (χ1) is 9.31. The summed E-state index contributed by atoms with van der Waals surface area (Å²) in [5.41, 5.74) is 0. The maximum atomic E-state index is 12.6. The molecule has 2 atom stereocenters. The molecule has 0 amide bonds. The van der Waals surface area contributed by atoms with Crippen LogP contribution in [0.5, 0.6) is 0 Å². The summed E-state index contributed by atoms with van der Waals surface area (Å²) in [5.74, 6) is 1.68. The van der Waals surface area contributed by atoms with Gasteiger partial charge in [-0.25, -0.2) is 0 Å². The molecular weight excluding hydrogens is 254 g/mol. The van der Waals surface area contributed by atoms with Crippen molar-refractivity contribution in [3.05, 3.63) is 0 Å². The van der Waals surface area contributed by atoms with Crippen molar-refractivity contribution in [2.45, 2.75) is 82.4 Å². The van der Waals surface area contributed by atoms with Crippen molar-refractivity contribution >= 4 is 10.8 Å². The van der Waals surface area contributed by atoms with Crippen LogP contribution in [0.2, 0.25) is 0 Å². The SMILES string of the molecule is CCNC(CS(=O)C1CCCCC1)C1CCCCC1. The minimum atomic E-state index is -0.602.